The van der Waals surface area contributed by atoms with Gasteiger partial charge in [0.25, 0.3) is 0 Å². The van der Waals surface area contributed by atoms with Gasteiger partial charge in [-0.2, -0.15) is 9.97 Å². The molecule has 0 bridgehead atoms. The summed E-state index contributed by atoms with van der Waals surface area (Å²) in [5.74, 6) is 1.79. The summed E-state index contributed by atoms with van der Waals surface area (Å²) in [6.07, 6.45) is 0. The Morgan fingerprint density at radius 3 is 1.26 bits per heavy atom. The Balaban J connectivity index is 1.16. The van der Waals surface area contributed by atoms with Crippen molar-refractivity contribution >= 4 is 65.4 Å². The second kappa shape index (κ2) is 12.3. The van der Waals surface area contributed by atoms with Crippen molar-refractivity contribution < 1.29 is 0 Å². The number of rotatable bonds is 5. The summed E-state index contributed by atoms with van der Waals surface area (Å²) in [7, 11) is 0. The monoisotopic (exact) mass is 728 g/mol. The SMILES string of the molecule is c1ccc(-c2nc(-c3ccc4c5ccccc5n(-c5ccccc5)c4c3)nc(-n3c4ccccc4c4cc5c6ccccc6n(-c6ccccc6)c5cc43)n2)cc1. The van der Waals surface area contributed by atoms with Crippen molar-refractivity contribution in [1.82, 2.24) is 28.7 Å². The molecule has 6 heteroatoms. The number of para-hydroxylation sites is 5. The quantitative estimate of drug-likeness (QED) is 0.177. The van der Waals surface area contributed by atoms with Crippen molar-refractivity contribution in [2.75, 3.05) is 0 Å². The average molecular weight is 729 g/mol. The Morgan fingerprint density at radius 1 is 0.263 bits per heavy atom. The van der Waals surface area contributed by atoms with E-state index in [-0.39, 0.29) is 0 Å². The van der Waals surface area contributed by atoms with E-state index in [9.17, 15) is 0 Å². The van der Waals surface area contributed by atoms with Gasteiger partial charge < -0.3 is 9.13 Å². The third-order valence-corrected chi connectivity index (χ3v) is 11.3. The number of fused-ring (bicyclic) bond motifs is 9. The first-order valence-electron chi connectivity index (χ1n) is 19.2. The normalized spacial score (nSPS) is 11.9. The molecular formula is C51H32N6. The fourth-order valence-corrected chi connectivity index (χ4v) is 8.78. The van der Waals surface area contributed by atoms with Crippen molar-refractivity contribution in [3.63, 3.8) is 0 Å². The molecule has 0 radical (unpaired) electrons. The van der Waals surface area contributed by atoms with E-state index in [2.05, 4.69) is 190 Å². The molecule has 0 atom stereocenters. The lowest BCUT2D eigenvalue weighted by atomic mass is 10.1. The van der Waals surface area contributed by atoms with E-state index in [1.807, 2.05) is 18.2 Å². The Hall–Kier alpha value is -7.83. The van der Waals surface area contributed by atoms with Crippen LogP contribution >= 0.6 is 0 Å². The Morgan fingerprint density at radius 2 is 0.684 bits per heavy atom. The first kappa shape index (κ1) is 31.5. The van der Waals surface area contributed by atoms with Crippen LogP contribution in [0.15, 0.2) is 194 Å². The first-order valence-corrected chi connectivity index (χ1v) is 19.2. The van der Waals surface area contributed by atoms with Crippen molar-refractivity contribution in [3.05, 3.63) is 194 Å². The number of hydrogen-bond donors (Lipinski definition) is 0. The fourth-order valence-electron chi connectivity index (χ4n) is 8.78. The Labute approximate surface area is 327 Å². The Bertz CT molecular complexity index is 3510. The van der Waals surface area contributed by atoms with Gasteiger partial charge in [-0.1, -0.05) is 133 Å². The van der Waals surface area contributed by atoms with Crippen molar-refractivity contribution in [2.45, 2.75) is 0 Å². The van der Waals surface area contributed by atoms with Gasteiger partial charge in [-0.25, -0.2) is 4.98 Å². The zero-order chi connectivity index (χ0) is 37.5. The lowest BCUT2D eigenvalue weighted by molar-refractivity contribution is 0.953. The molecule has 0 spiro atoms. The lowest BCUT2D eigenvalue weighted by Crippen LogP contribution is -2.06. The zero-order valence-electron chi connectivity index (χ0n) is 30.7. The largest absolute Gasteiger partial charge is 0.309 e. The van der Waals surface area contributed by atoms with Crippen LogP contribution in [0.2, 0.25) is 0 Å². The van der Waals surface area contributed by atoms with Crippen LogP contribution in [-0.2, 0) is 0 Å². The van der Waals surface area contributed by atoms with Crippen molar-refractivity contribution in [2.24, 2.45) is 0 Å². The molecule has 6 nitrogen and oxygen atoms in total. The molecule has 0 saturated heterocycles. The molecule has 0 saturated carbocycles. The van der Waals surface area contributed by atoms with E-state index in [1.165, 1.54) is 27.1 Å². The minimum atomic E-state index is 0.565. The molecule has 266 valence electrons. The minimum absolute atomic E-state index is 0.565. The maximum absolute atomic E-state index is 5.36. The van der Waals surface area contributed by atoms with Gasteiger partial charge in [0.15, 0.2) is 11.6 Å². The summed E-state index contributed by atoms with van der Waals surface area (Å²) in [4.78, 5) is 15.8. The summed E-state index contributed by atoms with van der Waals surface area (Å²) in [5.41, 5.74) is 10.7. The summed E-state index contributed by atoms with van der Waals surface area (Å²) in [6, 6.07) is 68.4. The topological polar surface area (TPSA) is 53.5 Å². The van der Waals surface area contributed by atoms with E-state index in [0.717, 1.165) is 60.9 Å². The van der Waals surface area contributed by atoms with Gasteiger partial charge in [0.1, 0.15) is 0 Å². The van der Waals surface area contributed by atoms with Gasteiger partial charge in [-0.3, -0.25) is 4.57 Å². The number of benzene rings is 8. The van der Waals surface area contributed by atoms with Crippen molar-refractivity contribution in [1.29, 1.82) is 0 Å². The van der Waals surface area contributed by atoms with Crippen LogP contribution in [0.5, 0.6) is 0 Å². The van der Waals surface area contributed by atoms with Crippen LogP contribution in [0, 0.1) is 0 Å². The van der Waals surface area contributed by atoms with Crippen LogP contribution in [0.25, 0.3) is 106 Å². The predicted molar refractivity (Wildman–Crippen MR) is 234 cm³/mol. The van der Waals surface area contributed by atoms with Gasteiger partial charge >= 0.3 is 0 Å². The third-order valence-electron chi connectivity index (χ3n) is 11.3. The maximum atomic E-state index is 5.36. The van der Waals surface area contributed by atoms with Crippen LogP contribution in [-0.4, -0.2) is 28.7 Å². The zero-order valence-corrected chi connectivity index (χ0v) is 30.7. The van der Waals surface area contributed by atoms with Gasteiger partial charge in [0, 0.05) is 54.8 Å². The fraction of sp³-hybridized carbons (Fsp3) is 0. The number of nitrogens with zero attached hydrogens (tertiary/aromatic N) is 6. The number of aromatic nitrogens is 6. The van der Waals surface area contributed by atoms with Crippen molar-refractivity contribution in [3.8, 4) is 40.1 Å². The minimum Gasteiger partial charge on any atom is -0.309 e. The highest BCUT2D eigenvalue weighted by molar-refractivity contribution is 6.19. The summed E-state index contributed by atoms with van der Waals surface area (Å²) in [6.45, 7) is 0. The summed E-state index contributed by atoms with van der Waals surface area (Å²) in [5, 5.41) is 7.08. The average Bonchev–Trinajstić information content (AvgIpc) is 3.91. The van der Waals surface area contributed by atoms with E-state index >= 15 is 0 Å². The molecule has 4 aromatic heterocycles. The molecule has 0 aliphatic carbocycles. The smallest absolute Gasteiger partial charge is 0.238 e. The van der Waals surface area contributed by atoms with E-state index in [4.69, 9.17) is 15.0 Å². The molecule has 12 aromatic rings. The third kappa shape index (κ3) is 4.81. The molecule has 0 aliphatic heterocycles. The second-order valence-electron chi connectivity index (χ2n) is 14.5. The van der Waals surface area contributed by atoms with E-state index < -0.39 is 0 Å². The highest BCUT2D eigenvalue weighted by atomic mass is 15.2. The first-order chi connectivity index (χ1) is 28.3. The standard InChI is InChI=1S/C51H32N6/c1-4-16-33(17-5-1)49-52-50(34-28-29-40-37-22-10-13-25-43(37)55(46(40)30-34)35-18-6-2-7-19-35)54-51(53-49)57-45-27-15-12-24-39(45)42-31-41-38-23-11-14-26-44(38)56(47(41)32-48(42)57)36-20-8-3-9-21-36/h1-32H. The molecular weight excluding hydrogens is 697 g/mol. The molecule has 0 N–H and O–H groups in total. The second-order valence-corrected chi connectivity index (χ2v) is 14.5. The molecule has 0 aliphatic rings. The van der Waals surface area contributed by atoms with Gasteiger partial charge in [0.05, 0.1) is 33.1 Å². The summed E-state index contributed by atoms with van der Waals surface area (Å²) < 4.78 is 6.91. The molecule has 4 heterocycles. The predicted octanol–water partition coefficient (Wildman–Crippen LogP) is 12.5. The molecule has 0 amide bonds. The van der Waals surface area contributed by atoms with Crippen LogP contribution < -0.4 is 0 Å². The number of hydrogen-bond acceptors (Lipinski definition) is 3. The summed E-state index contributed by atoms with van der Waals surface area (Å²) >= 11 is 0. The molecule has 8 aromatic carbocycles. The van der Waals surface area contributed by atoms with Crippen LogP contribution in [0.4, 0.5) is 0 Å². The highest BCUT2D eigenvalue weighted by Gasteiger charge is 2.22. The van der Waals surface area contributed by atoms with Gasteiger partial charge in [-0.05, 0) is 60.7 Å². The lowest BCUT2D eigenvalue weighted by Gasteiger charge is -2.12. The van der Waals surface area contributed by atoms with E-state index in [0.29, 0.717) is 17.6 Å². The molecule has 12 rings (SSSR count). The highest BCUT2D eigenvalue weighted by Crippen LogP contribution is 2.40. The maximum Gasteiger partial charge on any atom is 0.238 e. The van der Waals surface area contributed by atoms with Gasteiger partial charge in [0.2, 0.25) is 5.95 Å². The van der Waals surface area contributed by atoms with E-state index in [1.54, 1.807) is 0 Å². The van der Waals surface area contributed by atoms with Crippen LogP contribution in [0.1, 0.15) is 0 Å². The Kier molecular flexibility index (Phi) is 6.83. The molecule has 0 unspecified atom stereocenters. The molecule has 0 fully saturated rings. The van der Waals surface area contributed by atoms with Gasteiger partial charge in [-0.15, -0.1) is 0 Å². The van der Waals surface area contributed by atoms with Crippen LogP contribution in [0.3, 0.4) is 0 Å². The molecule has 57 heavy (non-hydrogen) atoms.